The maximum Gasteiger partial charge on any atom is 0.180 e. The number of anilines is 1. The van der Waals surface area contributed by atoms with Gasteiger partial charge in [0.05, 0.1) is 6.20 Å². The fourth-order valence-corrected chi connectivity index (χ4v) is 1.32. The molecular formula is C11H9N5. The van der Waals surface area contributed by atoms with Crippen molar-refractivity contribution < 1.29 is 0 Å². The highest BCUT2D eigenvalue weighted by Gasteiger charge is 2.08. The molecule has 0 spiro atoms. The standard InChI is InChI=1S/C11H9N5/c1-7-3-2-4-14-9(7)11-15-6-8(5-12)10(13)16-11/h2-4,6H,1H3,(H2,13,15,16). The van der Waals surface area contributed by atoms with E-state index < -0.39 is 0 Å². The summed E-state index contributed by atoms with van der Waals surface area (Å²) in [7, 11) is 0. The molecular weight excluding hydrogens is 202 g/mol. The minimum atomic E-state index is 0.178. The van der Waals surface area contributed by atoms with Crippen LogP contribution in [0.2, 0.25) is 0 Å². The van der Waals surface area contributed by atoms with Crippen LogP contribution in [0, 0.1) is 18.3 Å². The van der Waals surface area contributed by atoms with E-state index >= 15 is 0 Å². The molecule has 2 N–H and O–H groups in total. The van der Waals surface area contributed by atoms with Gasteiger partial charge in [0.2, 0.25) is 0 Å². The molecule has 0 aliphatic carbocycles. The van der Waals surface area contributed by atoms with Gasteiger partial charge in [-0.05, 0) is 18.6 Å². The van der Waals surface area contributed by atoms with Gasteiger partial charge in [0.15, 0.2) is 5.82 Å². The van der Waals surface area contributed by atoms with Gasteiger partial charge in [0, 0.05) is 6.20 Å². The molecule has 5 nitrogen and oxygen atoms in total. The Kier molecular flexibility index (Phi) is 2.48. The number of nitrogen functional groups attached to an aromatic ring is 1. The van der Waals surface area contributed by atoms with Crippen LogP contribution >= 0.6 is 0 Å². The van der Waals surface area contributed by atoms with Crippen LogP contribution in [0.5, 0.6) is 0 Å². The summed E-state index contributed by atoms with van der Waals surface area (Å²) in [6, 6.07) is 5.67. The first-order chi connectivity index (χ1) is 7.72. The quantitative estimate of drug-likeness (QED) is 0.768. The largest absolute Gasteiger partial charge is 0.382 e. The minimum absolute atomic E-state index is 0.178. The monoisotopic (exact) mass is 211 g/mol. The van der Waals surface area contributed by atoms with Crippen molar-refractivity contribution >= 4 is 5.82 Å². The van der Waals surface area contributed by atoms with E-state index in [0.29, 0.717) is 11.5 Å². The third-order valence-corrected chi connectivity index (χ3v) is 2.16. The van der Waals surface area contributed by atoms with Crippen LogP contribution in [0.25, 0.3) is 11.5 Å². The predicted octanol–water partition coefficient (Wildman–Crippen LogP) is 1.30. The Labute approximate surface area is 92.6 Å². The molecule has 0 atom stereocenters. The van der Waals surface area contributed by atoms with Crippen LogP contribution in [-0.2, 0) is 0 Å². The second-order valence-corrected chi connectivity index (χ2v) is 3.27. The lowest BCUT2D eigenvalue weighted by atomic mass is 10.2. The molecule has 0 saturated heterocycles. The molecule has 0 aliphatic rings. The van der Waals surface area contributed by atoms with E-state index in [2.05, 4.69) is 15.0 Å². The molecule has 0 saturated carbocycles. The van der Waals surface area contributed by atoms with Crippen molar-refractivity contribution in [1.29, 1.82) is 5.26 Å². The van der Waals surface area contributed by atoms with Crippen molar-refractivity contribution in [3.05, 3.63) is 35.7 Å². The summed E-state index contributed by atoms with van der Waals surface area (Å²) in [6.07, 6.45) is 3.08. The van der Waals surface area contributed by atoms with E-state index in [0.717, 1.165) is 5.56 Å². The Morgan fingerprint density at radius 1 is 1.38 bits per heavy atom. The van der Waals surface area contributed by atoms with Crippen molar-refractivity contribution in [2.24, 2.45) is 0 Å². The minimum Gasteiger partial charge on any atom is -0.382 e. The second kappa shape index (κ2) is 3.95. The maximum absolute atomic E-state index is 8.71. The third-order valence-electron chi connectivity index (χ3n) is 2.16. The fourth-order valence-electron chi connectivity index (χ4n) is 1.32. The molecule has 0 radical (unpaired) electrons. The summed E-state index contributed by atoms with van der Waals surface area (Å²) in [5.74, 6) is 0.618. The lowest BCUT2D eigenvalue weighted by molar-refractivity contribution is 1.12. The number of aryl methyl sites for hydroxylation is 1. The Morgan fingerprint density at radius 3 is 2.81 bits per heavy atom. The fraction of sp³-hybridized carbons (Fsp3) is 0.0909. The summed E-state index contributed by atoms with van der Waals surface area (Å²) in [5, 5.41) is 8.71. The number of rotatable bonds is 1. The molecule has 0 fully saturated rings. The van der Waals surface area contributed by atoms with Crippen molar-refractivity contribution in [2.45, 2.75) is 6.92 Å². The second-order valence-electron chi connectivity index (χ2n) is 3.27. The summed E-state index contributed by atoms with van der Waals surface area (Å²) < 4.78 is 0. The Balaban J connectivity index is 2.55. The average Bonchev–Trinajstić information content (AvgIpc) is 2.29. The summed E-state index contributed by atoms with van der Waals surface area (Å²) >= 11 is 0. The number of nitrogens with zero attached hydrogens (tertiary/aromatic N) is 4. The average molecular weight is 211 g/mol. The van der Waals surface area contributed by atoms with Crippen LogP contribution < -0.4 is 5.73 Å². The van der Waals surface area contributed by atoms with E-state index in [4.69, 9.17) is 11.0 Å². The van der Waals surface area contributed by atoms with E-state index in [1.807, 2.05) is 25.1 Å². The van der Waals surface area contributed by atoms with Crippen molar-refractivity contribution in [3.8, 4) is 17.6 Å². The topological polar surface area (TPSA) is 88.5 Å². The molecule has 0 bridgehead atoms. The first-order valence-electron chi connectivity index (χ1n) is 4.67. The van der Waals surface area contributed by atoms with E-state index in [-0.39, 0.29) is 11.4 Å². The smallest absolute Gasteiger partial charge is 0.180 e. The maximum atomic E-state index is 8.71. The number of nitriles is 1. The number of hydrogen-bond donors (Lipinski definition) is 1. The van der Waals surface area contributed by atoms with Gasteiger partial charge in [0.1, 0.15) is 23.1 Å². The number of nitrogens with two attached hydrogens (primary N) is 1. The zero-order chi connectivity index (χ0) is 11.5. The molecule has 2 aromatic rings. The lowest BCUT2D eigenvalue weighted by Gasteiger charge is -2.03. The molecule has 0 amide bonds. The highest BCUT2D eigenvalue weighted by atomic mass is 15.0. The molecule has 5 heteroatoms. The first-order valence-corrected chi connectivity index (χ1v) is 4.67. The zero-order valence-electron chi connectivity index (χ0n) is 8.68. The van der Waals surface area contributed by atoms with Gasteiger partial charge < -0.3 is 5.73 Å². The van der Waals surface area contributed by atoms with Gasteiger partial charge in [-0.2, -0.15) is 5.26 Å². The zero-order valence-corrected chi connectivity index (χ0v) is 8.68. The molecule has 2 heterocycles. The first kappa shape index (κ1) is 10.1. The predicted molar refractivity (Wildman–Crippen MR) is 59.1 cm³/mol. The SMILES string of the molecule is Cc1cccnc1-c1ncc(C#N)c(N)n1. The highest BCUT2D eigenvalue weighted by Crippen LogP contribution is 2.17. The van der Waals surface area contributed by atoms with Gasteiger partial charge in [-0.15, -0.1) is 0 Å². The van der Waals surface area contributed by atoms with Crippen LogP contribution in [0.4, 0.5) is 5.82 Å². The summed E-state index contributed by atoms with van der Waals surface area (Å²) in [6.45, 7) is 1.92. The van der Waals surface area contributed by atoms with Crippen molar-refractivity contribution in [3.63, 3.8) is 0 Å². The molecule has 0 unspecified atom stereocenters. The van der Waals surface area contributed by atoms with Crippen LogP contribution in [0.3, 0.4) is 0 Å². The summed E-state index contributed by atoms with van der Waals surface area (Å²) in [5.41, 5.74) is 7.54. The van der Waals surface area contributed by atoms with Crippen LogP contribution in [-0.4, -0.2) is 15.0 Å². The third kappa shape index (κ3) is 1.68. The number of hydrogen-bond acceptors (Lipinski definition) is 5. The molecule has 0 aromatic carbocycles. The van der Waals surface area contributed by atoms with Gasteiger partial charge in [-0.25, -0.2) is 9.97 Å². The molecule has 78 valence electrons. The van der Waals surface area contributed by atoms with Gasteiger partial charge in [-0.3, -0.25) is 4.98 Å². The van der Waals surface area contributed by atoms with Gasteiger partial charge in [0.25, 0.3) is 0 Å². The number of aromatic nitrogens is 3. The van der Waals surface area contributed by atoms with Crippen LogP contribution in [0.1, 0.15) is 11.1 Å². The van der Waals surface area contributed by atoms with Gasteiger partial charge >= 0.3 is 0 Å². The van der Waals surface area contributed by atoms with E-state index in [1.165, 1.54) is 6.20 Å². The Hall–Kier alpha value is -2.48. The molecule has 2 rings (SSSR count). The van der Waals surface area contributed by atoms with E-state index in [1.54, 1.807) is 6.20 Å². The van der Waals surface area contributed by atoms with Crippen LogP contribution in [0.15, 0.2) is 24.5 Å². The Bertz CT molecular complexity index is 571. The summed E-state index contributed by atoms with van der Waals surface area (Å²) in [4.78, 5) is 12.3. The molecule has 16 heavy (non-hydrogen) atoms. The normalized spacial score (nSPS) is 9.75. The Morgan fingerprint density at radius 2 is 2.19 bits per heavy atom. The highest BCUT2D eigenvalue weighted by molar-refractivity contribution is 5.58. The molecule has 2 aromatic heterocycles. The van der Waals surface area contributed by atoms with Crippen molar-refractivity contribution in [1.82, 2.24) is 15.0 Å². The van der Waals surface area contributed by atoms with Gasteiger partial charge in [-0.1, -0.05) is 6.07 Å². The van der Waals surface area contributed by atoms with Crippen molar-refractivity contribution in [2.75, 3.05) is 5.73 Å². The van der Waals surface area contributed by atoms with E-state index in [9.17, 15) is 0 Å². The number of pyridine rings is 1. The molecule has 0 aliphatic heterocycles. The lowest BCUT2D eigenvalue weighted by Crippen LogP contribution is -2.00.